The Hall–Kier alpha value is -2.60. The molecule has 0 amide bonds. The standard InChI is InChI=1S/C19H23N5O/c1-13-7-8-15(17(25)11-13)18-16-6-4-10-24(16)19(22-21-18)20-14-5-3-9-23(2)12-14/h4,6-8,10-11,14,25H,3,5,9,12H2,1-2H3,(H,20,22)/t14-/m1/s1. The van der Waals surface area contributed by atoms with Gasteiger partial charge in [0.15, 0.2) is 0 Å². The molecule has 0 unspecified atom stereocenters. The topological polar surface area (TPSA) is 65.7 Å². The van der Waals surface area contributed by atoms with E-state index in [2.05, 4.69) is 27.5 Å². The van der Waals surface area contributed by atoms with Crippen molar-refractivity contribution in [2.45, 2.75) is 25.8 Å². The zero-order valence-electron chi connectivity index (χ0n) is 14.6. The van der Waals surface area contributed by atoms with E-state index >= 15 is 0 Å². The lowest BCUT2D eigenvalue weighted by Crippen LogP contribution is -2.40. The van der Waals surface area contributed by atoms with Crippen LogP contribution in [0.3, 0.4) is 0 Å². The molecule has 1 atom stereocenters. The number of hydrogen-bond acceptors (Lipinski definition) is 5. The number of rotatable bonds is 3. The van der Waals surface area contributed by atoms with Gasteiger partial charge >= 0.3 is 0 Å². The van der Waals surface area contributed by atoms with E-state index in [1.165, 1.54) is 6.42 Å². The molecule has 3 heterocycles. The highest BCUT2D eigenvalue weighted by molar-refractivity contribution is 5.81. The van der Waals surface area contributed by atoms with Crippen molar-refractivity contribution in [1.82, 2.24) is 19.5 Å². The molecule has 1 aliphatic rings. The number of benzene rings is 1. The van der Waals surface area contributed by atoms with Crippen molar-refractivity contribution >= 4 is 11.5 Å². The van der Waals surface area contributed by atoms with Crippen LogP contribution in [0.2, 0.25) is 0 Å². The highest BCUT2D eigenvalue weighted by Crippen LogP contribution is 2.32. The van der Waals surface area contributed by atoms with Crippen molar-refractivity contribution in [2.24, 2.45) is 0 Å². The second-order valence-electron chi connectivity index (χ2n) is 6.90. The number of aromatic nitrogens is 3. The van der Waals surface area contributed by atoms with Crippen LogP contribution in [0.4, 0.5) is 5.95 Å². The lowest BCUT2D eigenvalue weighted by atomic mass is 10.1. The molecule has 0 radical (unpaired) electrons. The number of nitrogens with zero attached hydrogens (tertiary/aromatic N) is 4. The third-order valence-corrected chi connectivity index (χ3v) is 4.83. The minimum atomic E-state index is 0.229. The second-order valence-corrected chi connectivity index (χ2v) is 6.90. The zero-order valence-corrected chi connectivity index (χ0v) is 14.6. The molecule has 4 rings (SSSR count). The normalized spacial score (nSPS) is 18.6. The van der Waals surface area contributed by atoms with Gasteiger partial charge in [0.05, 0.1) is 5.52 Å². The van der Waals surface area contributed by atoms with Gasteiger partial charge in [-0.25, -0.2) is 0 Å². The average molecular weight is 337 g/mol. The maximum atomic E-state index is 10.3. The number of aromatic hydroxyl groups is 1. The van der Waals surface area contributed by atoms with Gasteiger partial charge in [0.1, 0.15) is 11.4 Å². The van der Waals surface area contributed by atoms with Crippen molar-refractivity contribution in [3.8, 4) is 17.0 Å². The van der Waals surface area contributed by atoms with Crippen molar-refractivity contribution in [3.63, 3.8) is 0 Å². The molecule has 6 nitrogen and oxygen atoms in total. The molecule has 1 saturated heterocycles. The first-order chi connectivity index (χ1) is 12.1. The number of phenolic OH excluding ortho intramolecular Hbond substituents is 1. The first kappa shape index (κ1) is 15.9. The SMILES string of the molecule is Cc1ccc(-c2nnc(N[C@@H]3CCCN(C)C3)n3cccc23)c(O)c1. The summed E-state index contributed by atoms with van der Waals surface area (Å²) in [6.07, 6.45) is 4.30. The summed E-state index contributed by atoms with van der Waals surface area (Å²) in [5.41, 5.74) is 3.33. The quantitative estimate of drug-likeness (QED) is 0.769. The van der Waals surface area contributed by atoms with E-state index in [4.69, 9.17) is 0 Å². The largest absolute Gasteiger partial charge is 0.507 e. The number of likely N-dealkylation sites (tertiary alicyclic amines) is 1. The predicted molar refractivity (Wildman–Crippen MR) is 99.0 cm³/mol. The van der Waals surface area contributed by atoms with E-state index in [-0.39, 0.29) is 5.75 Å². The number of hydrogen-bond donors (Lipinski definition) is 2. The Morgan fingerprint density at radius 3 is 2.92 bits per heavy atom. The fraction of sp³-hybridized carbons (Fsp3) is 0.368. The molecule has 0 bridgehead atoms. The Labute approximate surface area is 147 Å². The van der Waals surface area contributed by atoms with Crippen LogP contribution in [0, 0.1) is 6.92 Å². The fourth-order valence-corrected chi connectivity index (χ4v) is 3.55. The van der Waals surface area contributed by atoms with Crippen LogP contribution < -0.4 is 5.32 Å². The van der Waals surface area contributed by atoms with Crippen LogP contribution in [0.25, 0.3) is 16.8 Å². The van der Waals surface area contributed by atoms with Crippen LogP contribution in [-0.2, 0) is 0 Å². The molecule has 2 aromatic heterocycles. The van der Waals surface area contributed by atoms with Crippen molar-refractivity contribution in [3.05, 3.63) is 42.1 Å². The predicted octanol–water partition coefficient (Wildman–Crippen LogP) is 2.92. The van der Waals surface area contributed by atoms with Crippen LogP contribution in [0.1, 0.15) is 18.4 Å². The molecule has 0 saturated carbocycles. The fourth-order valence-electron chi connectivity index (χ4n) is 3.55. The first-order valence-corrected chi connectivity index (χ1v) is 8.70. The minimum absolute atomic E-state index is 0.229. The summed E-state index contributed by atoms with van der Waals surface area (Å²) in [4.78, 5) is 2.33. The van der Waals surface area contributed by atoms with Crippen molar-refractivity contribution in [1.29, 1.82) is 0 Å². The van der Waals surface area contributed by atoms with Gasteiger partial charge in [0.25, 0.3) is 0 Å². The number of nitrogens with one attached hydrogen (secondary N) is 1. The van der Waals surface area contributed by atoms with Gasteiger partial charge in [0, 0.05) is 24.3 Å². The Morgan fingerprint density at radius 1 is 1.24 bits per heavy atom. The van der Waals surface area contributed by atoms with Gasteiger partial charge in [-0.2, -0.15) is 0 Å². The Kier molecular flexibility index (Phi) is 4.05. The van der Waals surface area contributed by atoms with Crippen LogP contribution >= 0.6 is 0 Å². The highest BCUT2D eigenvalue weighted by atomic mass is 16.3. The molecule has 0 spiro atoms. The Morgan fingerprint density at radius 2 is 2.12 bits per heavy atom. The van der Waals surface area contributed by atoms with E-state index in [9.17, 15) is 5.11 Å². The molecule has 6 heteroatoms. The van der Waals surface area contributed by atoms with Crippen LogP contribution in [0.5, 0.6) is 5.75 Å². The number of likely N-dealkylation sites (N-methyl/N-ethyl adjacent to an activating group) is 1. The minimum Gasteiger partial charge on any atom is -0.507 e. The van der Waals surface area contributed by atoms with Crippen LogP contribution in [-0.4, -0.2) is 50.8 Å². The van der Waals surface area contributed by atoms with Crippen molar-refractivity contribution < 1.29 is 5.11 Å². The van der Waals surface area contributed by atoms with Gasteiger partial charge in [-0.05, 0) is 63.2 Å². The number of anilines is 1. The zero-order chi connectivity index (χ0) is 17.4. The molecule has 0 aliphatic carbocycles. The maximum absolute atomic E-state index is 10.3. The number of fused-ring (bicyclic) bond motifs is 1. The molecule has 1 aliphatic heterocycles. The van der Waals surface area contributed by atoms with Gasteiger partial charge in [-0.3, -0.25) is 4.40 Å². The second kappa shape index (κ2) is 6.37. The summed E-state index contributed by atoms with van der Waals surface area (Å²) in [5.74, 6) is 0.975. The summed E-state index contributed by atoms with van der Waals surface area (Å²) < 4.78 is 2.01. The Bertz CT molecular complexity index is 904. The average Bonchev–Trinajstić information content (AvgIpc) is 3.06. The molecule has 1 aromatic carbocycles. The van der Waals surface area contributed by atoms with Crippen molar-refractivity contribution in [2.75, 3.05) is 25.5 Å². The summed E-state index contributed by atoms with van der Waals surface area (Å²) in [6.45, 7) is 4.11. The van der Waals surface area contributed by atoms with Crippen LogP contribution in [0.15, 0.2) is 36.5 Å². The molecular weight excluding hydrogens is 314 g/mol. The number of aryl methyl sites for hydroxylation is 1. The van der Waals surface area contributed by atoms with E-state index in [1.54, 1.807) is 6.07 Å². The lowest BCUT2D eigenvalue weighted by Gasteiger charge is -2.30. The van der Waals surface area contributed by atoms with E-state index in [0.29, 0.717) is 17.3 Å². The van der Waals surface area contributed by atoms with E-state index in [1.807, 2.05) is 41.8 Å². The molecule has 130 valence electrons. The molecular formula is C19H23N5O. The van der Waals surface area contributed by atoms with E-state index < -0.39 is 0 Å². The monoisotopic (exact) mass is 337 g/mol. The maximum Gasteiger partial charge on any atom is 0.228 e. The summed E-state index contributed by atoms with van der Waals surface area (Å²) in [6, 6.07) is 9.97. The van der Waals surface area contributed by atoms with Gasteiger partial charge < -0.3 is 15.3 Å². The molecule has 1 fully saturated rings. The smallest absolute Gasteiger partial charge is 0.228 e. The molecule has 2 N–H and O–H groups in total. The van der Waals surface area contributed by atoms with Gasteiger partial charge in [0.2, 0.25) is 5.95 Å². The van der Waals surface area contributed by atoms with Gasteiger partial charge in [-0.1, -0.05) is 6.07 Å². The highest BCUT2D eigenvalue weighted by Gasteiger charge is 2.20. The first-order valence-electron chi connectivity index (χ1n) is 8.70. The molecule has 3 aromatic rings. The van der Waals surface area contributed by atoms with E-state index in [0.717, 1.165) is 36.5 Å². The number of piperidine rings is 1. The Balaban J connectivity index is 1.71. The van der Waals surface area contributed by atoms with Gasteiger partial charge in [-0.15, -0.1) is 10.2 Å². The molecule has 25 heavy (non-hydrogen) atoms. The third-order valence-electron chi connectivity index (χ3n) is 4.83. The summed E-state index contributed by atoms with van der Waals surface area (Å²) in [5, 5.41) is 22.7. The third kappa shape index (κ3) is 3.05. The number of phenols is 1. The lowest BCUT2D eigenvalue weighted by molar-refractivity contribution is 0.260. The summed E-state index contributed by atoms with van der Waals surface area (Å²) in [7, 11) is 2.15. The summed E-state index contributed by atoms with van der Waals surface area (Å²) >= 11 is 0.